The third-order valence-electron chi connectivity index (χ3n) is 3.78. The molecule has 0 unspecified atom stereocenters. The van der Waals surface area contributed by atoms with Gasteiger partial charge in [-0.15, -0.1) is 0 Å². The first-order chi connectivity index (χ1) is 10.6. The molecule has 1 aromatic carbocycles. The van der Waals surface area contributed by atoms with Gasteiger partial charge in [-0.05, 0) is 25.5 Å². The van der Waals surface area contributed by atoms with Gasteiger partial charge in [0, 0.05) is 13.1 Å². The molecular weight excluding hydrogens is 289 g/mol. The molecule has 0 radical (unpaired) electrons. The van der Waals surface area contributed by atoms with E-state index in [4.69, 9.17) is 9.26 Å². The third kappa shape index (κ3) is 2.54. The lowest BCUT2D eigenvalue weighted by Crippen LogP contribution is -2.29. The van der Waals surface area contributed by atoms with Crippen LogP contribution in [0.25, 0.3) is 0 Å². The molecule has 1 amide bonds. The van der Waals surface area contributed by atoms with Crippen LogP contribution in [0.15, 0.2) is 22.7 Å². The van der Waals surface area contributed by atoms with E-state index in [0.717, 1.165) is 0 Å². The lowest BCUT2D eigenvalue weighted by atomic mass is 10.1. The number of carbonyl (C=O) groups excluding carboxylic acids is 1. The average Bonchev–Trinajstić information content (AvgIpc) is 3.15. The molecule has 1 aliphatic heterocycles. The van der Waals surface area contributed by atoms with E-state index in [1.165, 1.54) is 19.2 Å². The number of likely N-dealkylation sites (tertiary alicyclic amines) is 1. The minimum Gasteiger partial charge on any atom is -0.496 e. The summed E-state index contributed by atoms with van der Waals surface area (Å²) in [6.07, 6.45) is 0.712. The van der Waals surface area contributed by atoms with Crippen molar-refractivity contribution in [2.45, 2.75) is 19.3 Å². The third-order valence-corrected chi connectivity index (χ3v) is 3.78. The number of rotatable bonds is 3. The first-order valence-corrected chi connectivity index (χ1v) is 7.02. The molecule has 6 nitrogen and oxygen atoms in total. The Morgan fingerprint density at radius 3 is 3.00 bits per heavy atom. The van der Waals surface area contributed by atoms with Crippen molar-refractivity contribution in [3.05, 3.63) is 41.3 Å². The zero-order valence-corrected chi connectivity index (χ0v) is 12.4. The monoisotopic (exact) mass is 305 g/mol. The van der Waals surface area contributed by atoms with E-state index in [0.29, 0.717) is 31.2 Å². The number of hydrogen-bond donors (Lipinski definition) is 0. The average molecular weight is 305 g/mol. The number of halogens is 1. The Labute approximate surface area is 126 Å². The van der Waals surface area contributed by atoms with Crippen LogP contribution < -0.4 is 4.74 Å². The summed E-state index contributed by atoms with van der Waals surface area (Å²) in [7, 11) is 1.42. The molecule has 0 saturated carbocycles. The van der Waals surface area contributed by atoms with Crippen LogP contribution in [0.5, 0.6) is 5.75 Å². The predicted molar refractivity (Wildman–Crippen MR) is 75.2 cm³/mol. The Morgan fingerprint density at radius 1 is 1.50 bits per heavy atom. The van der Waals surface area contributed by atoms with Crippen molar-refractivity contribution in [1.29, 1.82) is 0 Å². The minimum atomic E-state index is -0.582. The van der Waals surface area contributed by atoms with Crippen LogP contribution in [0.1, 0.15) is 34.4 Å². The number of methoxy groups -OCH3 is 1. The second-order valence-corrected chi connectivity index (χ2v) is 5.23. The smallest absolute Gasteiger partial charge is 0.260 e. The van der Waals surface area contributed by atoms with Crippen molar-refractivity contribution in [1.82, 2.24) is 15.0 Å². The molecule has 3 rings (SSSR count). The first-order valence-electron chi connectivity index (χ1n) is 7.02. The number of hydrogen-bond acceptors (Lipinski definition) is 5. The van der Waals surface area contributed by atoms with Gasteiger partial charge in [0.05, 0.1) is 13.0 Å². The molecule has 0 spiro atoms. The molecule has 7 heteroatoms. The fourth-order valence-electron chi connectivity index (χ4n) is 2.67. The fourth-order valence-corrected chi connectivity index (χ4v) is 2.67. The molecule has 1 aliphatic rings. The van der Waals surface area contributed by atoms with Gasteiger partial charge in [0.25, 0.3) is 5.91 Å². The largest absolute Gasteiger partial charge is 0.496 e. The second kappa shape index (κ2) is 5.75. The van der Waals surface area contributed by atoms with Gasteiger partial charge in [0.15, 0.2) is 5.82 Å². The van der Waals surface area contributed by atoms with Crippen LogP contribution in [0.4, 0.5) is 4.39 Å². The van der Waals surface area contributed by atoms with Crippen LogP contribution in [0.3, 0.4) is 0 Å². The normalized spacial score (nSPS) is 17.8. The lowest BCUT2D eigenvalue weighted by molar-refractivity contribution is 0.0781. The van der Waals surface area contributed by atoms with Crippen molar-refractivity contribution in [2.75, 3.05) is 20.2 Å². The molecule has 2 aromatic rings. The van der Waals surface area contributed by atoms with Gasteiger partial charge in [-0.25, -0.2) is 4.39 Å². The van der Waals surface area contributed by atoms with Crippen LogP contribution >= 0.6 is 0 Å². The molecule has 0 N–H and O–H groups in total. The number of amides is 1. The van der Waals surface area contributed by atoms with Crippen molar-refractivity contribution in [3.8, 4) is 5.75 Å². The number of carbonyl (C=O) groups is 1. The van der Waals surface area contributed by atoms with E-state index in [1.54, 1.807) is 17.9 Å². The highest BCUT2D eigenvalue weighted by Gasteiger charge is 2.33. The molecular formula is C15H16FN3O3. The van der Waals surface area contributed by atoms with E-state index in [9.17, 15) is 9.18 Å². The van der Waals surface area contributed by atoms with Gasteiger partial charge in [-0.3, -0.25) is 4.79 Å². The molecule has 116 valence electrons. The first kappa shape index (κ1) is 14.5. The number of nitrogens with zero attached hydrogens (tertiary/aromatic N) is 3. The van der Waals surface area contributed by atoms with Crippen molar-refractivity contribution < 1.29 is 18.4 Å². The highest BCUT2D eigenvalue weighted by Crippen LogP contribution is 2.29. The Bertz CT molecular complexity index is 701. The number of ether oxygens (including phenoxy) is 1. The Kier molecular flexibility index (Phi) is 3.79. The number of benzene rings is 1. The van der Waals surface area contributed by atoms with Gasteiger partial charge < -0.3 is 14.2 Å². The van der Waals surface area contributed by atoms with Gasteiger partial charge in [0.1, 0.15) is 17.1 Å². The fraction of sp³-hybridized carbons (Fsp3) is 0.400. The van der Waals surface area contributed by atoms with E-state index in [1.807, 2.05) is 0 Å². The van der Waals surface area contributed by atoms with E-state index in [2.05, 4.69) is 10.1 Å². The summed E-state index contributed by atoms with van der Waals surface area (Å²) in [5, 5.41) is 3.76. The summed E-state index contributed by atoms with van der Waals surface area (Å²) in [5.41, 5.74) is -0.0349. The molecule has 1 aromatic heterocycles. The van der Waals surface area contributed by atoms with Crippen LogP contribution in [0, 0.1) is 12.7 Å². The molecule has 1 atom stereocenters. The summed E-state index contributed by atoms with van der Waals surface area (Å²) < 4.78 is 24.2. The summed E-state index contributed by atoms with van der Waals surface area (Å²) in [6, 6.07) is 4.34. The molecule has 1 fully saturated rings. The Morgan fingerprint density at radius 2 is 2.32 bits per heavy atom. The Hall–Kier alpha value is -2.44. The molecule has 1 saturated heterocycles. The van der Waals surface area contributed by atoms with Crippen molar-refractivity contribution >= 4 is 5.91 Å². The zero-order valence-electron chi connectivity index (χ0n) is 12.4. The summed E-state index contributed by atoms with van der Waals surface area (Å²) in [4.78, 5) is 18.4. The maximum atomic E-state index is 14.0. The van der Waals surface area contributed by atoms with E-state index in [-0.39, 0.29) is 23.1 Å². The quantitative estimate of drug-likeness (QED) is 0.869. The molecule has 0 bridgehead atoms. The van der Waals surface area contributed by atoms with Gasteiger partial charge in [-0.1, -0.05) is 11.2 Å². The van der Waals surface area contributed by atoms with Crippen molar-refractivity contribution in [3.63, 3.8) is 0 Å². The molecule has 2 heterocycles. The summed E-state index contributed by atoms with van der Waals surface area (Å²) >= 11 is 0. The molecule has 22 heavy (non-hydrogen) atoms. The molecule has 0 aliphatic carbocycles. The van der Waals surface area contributed by atoms with Gasteiger partial charge >= 0.3 is 0 Å². The topological polar surface area (TPSA) is 68.5 Å². The predicted octanol–water partition coefficient (Wildman–Crippen LogP) is 2.16. The van der Waals surface area contributed by atoms with Gasteiger partial charge in [-0.2, -0.15) is 4.98 Å². The van der Waals surface area contributed by atoms with Crippen LogP contribution in [-0.4, -0.2) is 41.1 Å². The van der Waals surface area contributed by atoms with E-state index >= 15 is 0 Å². The van der Waals surface area contributed by atoms with Crippen LogP contribution in [0.2, 0.25) is 0 Å². The zero-order chi connectivity index (χ0) is 15.7. The minimum absolute atomic E-state index is 0.0112. The number of aromatic nitrogens is 2. The number of aryl methyl sites for hydroxylation is 1. The highest BCUT2D eigenvalue weighted by molar-refractivity contribution is 5.97. The van der Waals surface area contributed by atoms with Crippen LogP contribution in [-0.2, 0) is 0 Å². The van der Waals surface area contributed by atoms with E-state index < -0.39 is 5.82 Å². The lowest BCUT2D eigenvalue weighted by Gasteiger charge is -2.18. The summed E-state index contributed by atoms with van der Waals surface area (Å²) in [6.45, 7) is 2.69. The maximum Gasteiger partial charge on any atom is 0.260 e. The standard InChI is InChI=1S/C15H16FN3O3/c1-9-17-14(22-18-9)10-6-7-19(8-10)15(20)13-11(16)4-3-5-12(13)21-2/h3-5,10H,6-8H2,1-2H3/t10-/m0/s1. The second-order valence-electron chi connectivity index (χ2n) is 5.23. The summed E-state index contributed by atoms with van der Waals surface area (Å²) in [5.74, 6) is 0.351. The maximum absolute atomic E-state index is 14.0. The van der Waals surface area contributed by atoms with Gasteiger partial charge in [0.2, 0.25) is 5.89 Å². The van der Waals surface area contributed by atoms with Crippen molar-refractivity contribution in [2.24, 2.45) is 0 Å². The SMILES string of the molecule is COc1cccc(F)c1C(=O)N1CC[C@H](c2nc(C)no2)C1. The Balaban J connectivity index is 1.80. The highest BCUT2D eigenvalue weighted by atomic mass is 19.1.